The van der Waals surface area contributed by atoms with E-state index in [9.17, 15) is 24.4 Å². The summed E-state index contributed by atoms with van der Waals surface area (Å²) in [7, 11) is 1.46. The van der Waals surface area contributed by atoms with Gasteiger partial charge in [0.15, 0.2) is 11.6 Å². The third kappa shape index (κ3) is 3.44. The lowest BCUT2D eigenvalue weighted by molar-refractivity contribution is -0.191. The first-order valence-electron chi connectivity index (χ1n) is 14.5. The van der Waals surface area contributed by atoms with Gasteiger partial charge in [-0.1, -0.05) is 60.1 Å². The first kappa shape index (κ1) is 28.3. The number of esters is 1. The van der Waals surface area contributed by atoms with Crippen LogP contribution in [-0.4, -0.2) is 35.8 Å². The zero-order chi connectivity index (χ0) is 29.0. The van der Waals surface area contributed by atoms with Gasteiger partial charge in [0.1, 0.15) is 0 Å². The van der Waals surface area contributed by atoms with Gasteiger partial charge in [0.05, 0.1) is 18.1 Å². The lowest BCUT2D eigenvalue weighted by Gasteiger charge is -2.68. The van der Waals surface area contributed by atoms with E-state index < -0.39 is 27.6 Å². The maximum Gasteiger partial charge on any atom is 0.312 e. The molecule has 0 aliphatic heterocycles. The second-order valence-electron chi connectivity index (χ2n) is 15.2. The highest BCUT2D eigenvalue weighted by molar-refractivity contribution is 6.21. The molecule has 2 N–H and O–H groups in total. The highest BCUT2D eigenvalue weighted by Gasteiger charge is 2.71. The van der Waals surface area contributed by atoms with Gasteiger partial charge < -0.3 is 4.74 Å². The minimum absolute atomic E-state index is 0.0261. The van der Waals surface area contributed by atoms with Crippen LogP contribution in [0.4, 0.5) is 0 Å². The van der Waals surface area contributed by atoms with E-state index >= 15 is 0 Å². The molecule has 0 aromatic carbocycles. The minimum Gasteiger partial charge on any atom is -0.469 e. The topological polar surface area (TPSA) is 110 Å². The molecule has 3 fully saturated rings. The van der Waals surface area contributed by atoms with E-state index in [0.717, 1.165) is 44.1 Å². The Labute approximate surface area is 232 Å². The summed E-state index contributed by atoms with van der Waals surface area (Å²) in [4.78, 5) is 53.9. The number of Topliss-reactive ketones (excluding diaryl/α,β-unsaturated/α-hetero) is 1. The van der Waals surface area contributed by atoms with Crippen LogP contribution in [0.1, 0.15) is 93.4 Å². The van der Waals surface area contributed by atoms with Crippen LogP contribution in [-0.2, 0) is 23.9 Å². The van der Waals surface area contributed by atoms with Crippen LogP contribution in [0.2, 0.25) is 0 Å². The van der Waals surface area contributed by atoms with Crippen LogP contribution in [0.5, 0.6) is 0 Å². The Morgan fingerprint density at radius 1 is 0.974 bits per heavy atom. The molecule has 0 unspecified atom stereocenters. The number of fused-ring (bicyclic) bond motifs is 7. The lowest BCUT2D eigenvalue weighted by Crippen LogP contribution is -2.66. The summed E-state index contributed by atoms with van der Waals surface area (Å²) in [6.45, 7) is 14.8. The summed E-state index contributed by atoms with van der Waals surface area (Å²) in [6, 6.07) is 0. The largest absolute Gasteiger partial charge is 0.469 e. The van der Waals surface area contributed by atoms with Gasteiger partial charge in [-0.05, 0) is 79.1 Å². The van der Waals surface area contributed by atoms with Crippen LogP contribution in [0, 0.1) is 50.2 Å². The first-order valence-corrected chi connectivity index (χ1v) is 14.5. The van der Waals surface area contributed by atoms with E-state index in [1.165, 1.54) is 7.11 Å². The summed E-state index contributed by atoms with van der Waals surface area (Å²) in [5, 5.41) is 9.42. The molecule has 0 spiro atoms. The van der Waals surface area contributed by atoms with E-state index in [2.05, 4.69) is 34.6 Å². The average molecular weight is 540 g/mol. The Hall–Kier alpha value is -2.28. The predicted octanol–water partition coefficient (Wildman–Crippen LogP) is 5.36. The van der Waals surface area contributed by atoms with Gasteiger partial charge in [-0.2, -0.15) is 0 Å². The molecular formula is C32H45NO6. The molecule has 7 nitrogen and oxygen atoms in total. The van der Waals surface area contributed by atoms with Gasteiger partial charge in [0.2, 0.25) is 0 Å². The monoisotopic (exact) mass is 539 g/mol. The number of carbonyl (C=O) groups is 4. The minimum atomic E-state index is -0.839. The maximum atomic E-state index is 14.4. The van der Waals surface area contributed by atoms with Crippen LogP contribution in [0.25, 0.3) is 0 Å². The summed E-state index contributed by atoms with van der Waals surface area (Å²) in [5.41, 5.74) is -0.324. The maximum absolute atomic E-state index is 14.4. The average Bonchev–Trinajstić information content (AvgIpc) is 2.86. The van der Waals surface area contributed by atoms with Gasteiger partial charge in [-0.3, -0.25) is 24.4 Å². The predicted molar refractivity (Wildman–Crippen MR) is 145 cm³/mol. The zero-order valence-corrected chi connectivity index (χ0v) is 24.8. The Balaban J connectivity index is 1.71. The number of methoxy groups -OCH3 is 1. The molecule has 0 bridgehead atoms. The Kier molecular flexibility index (Phi) is 6.07. The fourth-order valence-electron chi connectivity index (χ4n) is 10.3. The lowest BCUT2D eigenvalue weighted by atomic mass is 9.34. The Morgan fingerprint density at radius 3 is 2.23 bits per heavy atom. The molecule has 214 valence electrons. The number of carbonyl (C=O) groups excluding carboxylic acids is 4. The van der Waals surface area contributed by atoms with E-state index in [-0.39, 0.29) is 51.7 Å². The molecule has 0 aromatic rings. The van der Waals surface area contributed by atoms with Crippen molar-refractivity contribution in [3.63, 3.8) is 0 Å². The van der Waals surface area contributed by atoms with Crippen molar-refractivity contribution >= 4 is 23.4 Å². The molecule has 5 aliphatic carbocycles. The second-order valence-corrected chi connectivity index (χ2v) is 15.2. The number of ketones is 2. The van der Waals surface area contributed by atoms with Crippen molar-refractivity contribution in [1.29, 1.82) is 0 Å². The molecule has 0 heterocycles. The zero-order valence-electron chi connectivity index (χ0n) is 24.8. The molecule has 39 heavy (non-hydrogen) atoms. The fourth-order valence-corrected chi connectivity index (χ4v) is 10.3. The molecule has 5 aliphatic rings. The molecule has 0 radical (unpaired) electrons. The Bertz CT molecular complexity index is 1230. The van der Waals surface area contributed by atoms with E-state index in [1.807, 2.05) is 19.9 Å². The summed E-state index contributed by atoms with van der Waals surface area (Å²) in [6.07, 6.45) is 9.06. The van der Waals surface area contributed by atoms with Gasteiger partial charge in [0.25, 0.3) is 5.91 Å². The molecule has 5 rings (SSSR count). The first-order chi connectivity index (χ1) is 17.9. The van der Waals surface area contributed by atoms with E-state index in [1.54, 1.807) is 11.6 Å². The van der Waals surface area contributed by atoms with Crippen molar-refractivity contribution < 1.29 is 29.1 Å². The normalized spacial score (nSPS) is 44.0. The smallest absolute Gasteiger partial charge is 0.312 e. The fraction of sp³-hybridized carbons (Fsp3) is 0.750. The Morgan fingerprint density at radius 2 is 1.62 bits per heavy atom. The van der Waals surface area contributed by atoms with Crippen LogP contribution in [0.3, 0.4) is 0 Å². The van der Waals surface area contributed by atoms with Crippen molar-refractivity contribution in [2.75, 3.05) is 7.11 Å². The van der Waals surface area contributed by atoms with Gasteiger partial charge in [-0.25, -0.2) is 5.48 Å². The third-order valence-electron chi connectivity index (χ3n) is 12.7. The molecular weight excluding hydrogens is 494 g/mol. The molecule has 3 saturated carbocycles. The SMILES string of the molecule is COC(=O)[C@]12CCC(C)(C)C[C@H]1[C@H]1C(=O)C=C3[C@@]4(C)C=C(C(=O)NO)C(=O)C(C)(C)[C@@H]4CC[C@@]3(C)[C@]1(C)CC2. The number of nitrogens with one attached hydrogen (secondary N) is 1. The van der Waals surface area contributed by atoms with Crippen LogP contribution < -0.4 is 5.48 Å². The van der Waals surface area contributed by atoms with E-state index in [4.69, 9.17) is 4.74 Å². The van der Waals surface area contributed by atoms with Gasteiger partial charge in [0, 0.05) is 16.7 Å². The summed E-state index contributed by atoms with van der Waals surface area (Å²) >= 11 is 0. The molecule has 0 saturated heterocycles. The van der Waals surface area contributed by atoms with Crippen LogP contribution >= 0.6 is 0 Å². The molecule has 7 heteroatoms. The van der Waals surface area contributed by atoms with Crippen molar-refractivity contribution in [3.05, 3.63) is 23.3 Å². The molecule has 1 amide bonds. The van der Waals surface area contributed by atoms with Crippen molar-refractivity contribution in [2.24, 2.45) is 50.2 Å². The standard InChI is InChI=1S/C32H45NO6/c1-27(2)11-13-32(26(37)39-8)14-12-31(7)23(19(32)17-27)20(34)15-22-29(5)16-18(25(36)33-38)24(35)28(3,4)21(29)9-10-30(22,31)6/h15-16,19,21,23,38H,9-14,17H2,1-8H3,(H,33,36)/t19-,21-,23-,29-,30+,31+,32-/m0/s1. The van der Waals surface area contributed by atoms with Crippen molar-refractivity contribution in [2.45, 2.75) is 93.4 Å². The van der Waals surface area contributed by atoms with Crippen LogP contribution in [0.15, 0.2) is 23.3 Å². The summed E-state index contributed by atoms with van der Waals surface area (Å²) < 4.78 is 5.40. The third-order valence-corrected chi connectivity index (χ3v) is 12.7. The highest BCUT2D eigenvalue weighted by Crippen LogP contribution is 2.74. The quantitative estimate of drug-likeness (QED) is 0.212. The molecule has 0 aromatic heterocycles. The second kappa shape index (κ2) is 8.37. The van der Waals surface area contributed by atoms with E-state index in [0.29, 0.717) is 6.42 Å². The number of hydrogen-bond donors (Lipinski definition) is 2. The number of amides is 1. The highest BCUT2D eigenvalue weighted by atomic mass is 16.5. The summed E-state index contributed by atoms with van der Waals surface area (Å²) in [5.74, 6) is -1.71. The van der Waals surface area contributed by atoms with Gasteiger partial charge in [-0.15, -0.1) is 0 Å². The number of ether oxygens (including phenoxy) is 1. The number of hydroxylamine groups is 1. The molecule has 7 atom stereocenters. The number of hydrogen-bond acceptors (Lipinski definition) is 6. The van der Waals surface area contributed by atoms with Gasteiger partial charge >= 0.3 is 5.97 Å². The number of rotatable bonds is 2. The van der Waals surface area contributed by atoms with Crippen molar-refractivity contribution in [1.82, 2.24) is 5.48 Å². The number of allylic oxidation sites excluding steroid dienone is 3. The van der Waals surface area contributed by atoms with Crippen molar-refractivity contribution in [3.8, 4) is 0 Å².